The maximum absolute atomic E-state index is 9.90. The largest absolute Gasteiger partial charge is 0.388 e. The van der Waals surface area contributed by atoms with E-state index >= 15 is 0 Å². The second kappa shape index (κ2) is 6.63. The third-order valence-corrected chi connectivity index (χ3v) is 3.01. The lowest BCUT2D eigenvalue weighted by Crippen LogP contribution is -2.00. The molecule has 0 amide bonds. The molecule has 0 spiro atoms. The predicted octanol–water partition coefficient (Wildman–Crippen LogP) is 3.67. The molecular formula is C11H14Br2O2. The highest BCUT2D eigenvalue weighted by Gasteiger charge is 2.08. The summed E-state index contributed by atoms with van der Waals surface area (Å²) in [4.78, 5) is 0. The molecule has 1 aromatic rings. The SMILES string of the molecule is COCCCC(O)c1cc(Br)cc(Br)c1. The summed E-state index contributed by atoms with van der Waals surface area (Å²) in [5.74, 6) is 0. The van der Waals surface area contributed by atoms with Crippen molar-refractivity contribution in [3.05, 3.63) is 32.7 Å². The number of hydrogen-bond donors (Lipinski definition) is 1. The first-order valence-corrected chi connectivity index (χ1v) is 6.35. The van der Waals surface area contributed by atoms with Crippen LogP contribution in [0.5, 0.6) is 0 Å². The number of aliphatic hydroxyl groups is 1. The van der Waals surface area contributed by atoms with Crippen LogP contribution in [-0.2, 0) is 4.74 Å². The Kier molecular flexibility index (Phi) is 5.82. The molecule has 0 aliphatic rings. The van der Waals surface area contributed by atoms with Crippen LogP contribution in [0.25, 0.3) is 0 Å². The minimum Gasteiger partial charge on any atom is -0.388 e. The maximum atomic E-state index is 9.90. The average molecular weight is 338 g/mol. The van der Waals surface area contributed by atoms with Crippen molar-refractivity contribution in [2.75, 3.05) is 13.7 Å². The molecule has 1 unspecified atom stereocenters. The van der Waals surface area contributed by atoms with Gasteiger partial charge >= 0.3 is 0 Å². The summed E-state index contributed by atoms with van der Waals surface area (Å²) in [6.45, 7) is 0.687. The van der Waals surface area contributed by atoms with Crippen LogP contribution in [0, 0.1) is 0 Å². The highest BCUT2D eigenvalue weighted by molar-refractivity contribution is 9.11. The van der Waals surface area contributed by atoms with E-state index in [9.17, 15) is 5.11 Å². The van der Waals surface area contributed by atoms with Crippen LogP contribution in [0.4, 0.5) is 0 Å². The number of benzene rings is 1. The molecule has 4 heteroatoms. The highest BCUT2D eigenvalue weighted by atomic mass is 79.9. The summed E-state index contributed by atoms with van der Waals surface area (Å²) in [6.07, 6.45) is 1.16. The minimum absolute atomic E-state index is 0.422. The van der Waals surface area contributed by atoms with E-state index < -0.39 is 6.10 Å². The second-order valence-electron chi connectivity index (χ2n) is 3.35. The predicted molar refractivity (Wildman–Crippen MR) is 67.9 cm³/mol. The van der Waals surface area contributed by atoms with Gasteiger partial charge in [-0.05, 0) is 36.6 Å². The van der Waals surface area contributed by atoms with Gasteiger partial charge in [0.15, 0.2) is 0 Å². The Balaban J connectivity index is 2.60. The maximum Gasteiger partial charge on any atom is 0.0791 e. The van der Waals surface area contributed by atoms with Crippen LogP contribution in [-0.4, -0.2) is 18.8 Å². The Morgan fingerprint density at radius 3 is 2.40 bits per heavy atom. The van der Waals surface area contributed by atoms with E-state index in [0.717, 1.165) is 27.4 Å². The molecule has 0 radical (unpaired) electrons. The molecule has 0 fully saturated rings. The fourth-order valence-electron chi connectivity index (χ4n) is 1.36. The quantitative estimate of drug-likeness (QED) is 0.831. The van der Waals surface area contributed by atoms with Gasteiger partial charge in [0.05, 0.1) is 6.10 Å². The Hall–Kier alpha value is 0.1000. The molecule has 84 valence electrons. The molecule has 1 atom stereocenters. The van der Waals surface area contributed by atoms with E-state index in [1.54, 1.807) is 7.11 Å². The van der Waals surface area contributed by atoms with Crippen molar-refractivity contribution in [2.24, 2.45) is 0 Å². The molecule has 0 aliphatic carbocycles. The fraction of sp³-hybridized carbons (Fsp3) is 0.455. The van der Waals surface area contributed by atoms with Crippen molar-refractivity contribution in [1.29, 1.82) is 0 Å². The van der Waals surface area contributed by atoms with E-state index in [2.05, 4.69) is 31.9 Å². The zero-order valence-electron chi connectivity index (χ0n) is 8.54. The van der Waals surface area contributed by atoms with E-state index in [1.807, 2.05) is 18.2 Å². The summed E-state index contributed by atoms with van der Waals surface area (Å²) < 4.78 is 6.89. The summed E-state index contributed by atoms with van der Waals surface area (Å²) in [5, 5.41) is 9.90. The summed E-state index contributed by atoms with van der Waals surface area (Å²) >= 11 is 6.79. The highest BCUT2D eigenvalue weighted by Crippen LogP contribution is 2.26. The van der Waals surface area contributed by atoms with Gasteiger partial charge in [0.25, 0.3) is 0 Å². The Morgan fingerprint density at radius 1 is 1.27 bits per heavy atom. The first-order valence-electron chi connectivity index (χ1n) is 4.76. The summed E-state index contributed by atoms with van der Waals surface area (Å²) in [7, 11) is 1.67. The van der Waals surface area contributed by atoms with Crippen molar-refractivity contribution < 1.29 is 9.84 Å². The zero-order valence-corrected chi connectivity index (χ0v) is 11.7. The van der Waals surface area contributed by atoms with Gasteiger partial charge in [-0.15, -0.1) is 0 Å². The number of halogens is 2. The van der Waals surface area contributed by atoms with E-state index in [0.29, 0.717) is 6.61 Å². The molecule has 15 heavy (non-hydrogen) atoms. The van der Waals surface area contributed by atoms with Gasteiger partial charge in [-0.25, -0.2) is 0 Å². The number of ether oxygens (including phenoxy) is 1. The van der Waals surface area contributed by atoms with Crippen LogP contribution < -0.4 is 0 Å². The summed E-state index contributed by atoms with van der Waals surface area (Å²) in [5.41, 5.74) is 0.923. The Bertz CT molecular complexity index is 295. The van der Waals surface area contributed by atoms with Crippen molar-refractivity contribution in [3.8, 4) is 0 Å². The standard InChI is InChI=1S/C11H14Br2O2/c1-15-4-2-3-11(14)8-5-9(12)7-10(13)6-8/h5-7,11,14H,2-4H2,1H3. The smallest absolute Gasteiger partial charge is 0.0791 e. The topological polar surface area (TPSA) is 29.5 Å². The Labute approximate surface area is 107 Å². The average Bonchev–Trinajstić information content (AvgIpc) is 2.16. The molecule has 0 aromatic heterocycles. The van der Waals surface area contributed by atoms with E-state index in [-0.39, 0.29) is 0 Å². The molecule has 0 saturated heterocycles. The number of methoxy groups -OCH3 is 1. The van der Waals surface area contributed by atoms with Gasteiger partial charge in [-0.2, -0.15) is 0 Å². The molecule has 2 nitrogen and oxygen atoms in total. The van der Waals surface area contributed by atoms with Crippen molar-refractivity contribution >= 4 is 31.9 Å². The fourth-order valence-corrected chi connectivity index (χ4v) is 2.68. The molecular weight excluding hydrogens is 324 g/mol. The lowest BCUT2D eigenvalue weighted by atomic mass is 10.1. The zero-order chi connectivity index (χ0) is 11.3. The van der Waals surface area contributed by atoms with Crippen molar-refractivity contribution in [2.45, 2.75) is 18.9 Å². The first-order chi connectivity index (χ1) is 7.13. The van der Waals surface area contributed by atoms with E-state index in [1.165, 1.54) is 0 Å². The minimum atomic E-state index is -0.422. The van der Waals surface area contributed by atoms with Crippen molar-refractivity contribution in [3.63, 3.8) is 0 Å². The molecule has 0 saturated carbocycles. The van der Waals surface area contributed by atoms with Gasteiger partial charge < -0.3 is 9.84 Å². The molecule has 1 N–H and O–H groups in total. The molecule has 0 heterocycles. The van der Waals surface area contributed by atoms with Crippen LogP contribution in [0.3, 0.4) is 0 Å². The Morgan fingerprint density at radius 2 is 1.87 bits per heavy atom. The van der Waals surface area contributed by atoms with Crippen LogP contribution in [0.15, 0.2) is 27.1 Å². The first kappa shape index (κ1) is 13.2. The monoisotopic (exact) mass is 336 g/mol. The summed E-state index contributed by atoms with van der Waals surface area (Å²) in [6, 6.07) is 5.82. The van der Waals surface area contributed by atoms with Crippen LogP contribution in [0.1, 0.15) is 24.5 Å². The third kappa shape index (κ3) is 4.64. The van der Waals surface area contributed by atoms with Crippen LogP contribution in [0.2, 0.25) is 0 Å². The normalized spacial score (nSPS) is 12.8. The lowest BCUT2D eigenvalue weighted by molar-refractivity contribution is 0.136. The van der Waals surface area contributed by atoms with Gasteiger partial charge in [0, 0.05) is 22.7 Å². The number of aliphatic hydroxyl groups excluding tert-OH is 1. The molecule has 1 aromatic carbocycles. The van der Waals surface area contributed by atoms with Gasteiger partial charge in [-0.3, -0.25) is 0 Å². The van der Waals surface area contributed by atoms with Gasteiger partial charge in [0.1, 0.15) is 0 Å². The molecule has 1 rings (SSSR count). The molecule has 0 aliphatic heterocycles. The molecule has 0 bridgehead atoms. The van der Waals surface area contributed by atoms with Gasteiger partial charge in [-0.1, -0.05) is 31.9 Å². The second-order valence-corrected chi connectivity index (χ2v) is 5.18. The van der Waals surface area contributed by atoms with E-state index in [4.69, 9.17) is 4.74 Å². The van der Waals surface area contributed by atoms with Crippen LogP contribution >= 0.6 is 31.9 Å². The lowest BCUT2D eigenvalue weighted by Gasteiger charge is -2.11. The third-order valence-electron chi connectivity index (χ3n) is 2.10. The number of hydrogen-bond acceptors (Lipinski definition) is 2. The van der Waals surface area contributed by atoms with Crippen molar-refractivity contribution in [1.82, 2.24) is 0 Å². The number of rotatable bonds is 5. The van der Waals surface area contributed by atoms with Gasteiger partial charge in [0.2, 0.25) is 0 Å².